The van der Waals surface area contributed by atoms with Crippen LogP contribution in [-0.2, 0) is 9.16 Å². The highest BCUT2D eigenvalue weighted by atomic mass is 28.2. The average Bonchev–Trinajstić information content (AvgIpc) is 2.03. The lowest BCUT2D eigenvalue weighted by Crippen LogP contribution is -2.06. The highest BCUT2D eigenvalue weighted by molar-refractivity contribution is 6.27. The number of allylic oxidation sites excluding steroid dienone is 2. The first kappa shape index (κ1) is 10.9. The fourth-order valence-electron chi connectivity index (χ4n) is 0.542. The Labute approximate surface area is 71.5 Å². The van der Waals surface area contributed by atoms with E-state index in [0.717, 1.165) is 25.9 Å². The fourth-order valence-corrected chi connectivity index (χ4v) is 1.22. The Balaban J connectivity index is 2.79. The molecule has 0 aromatic carbocycles. The van der Waals surface area contributed by atoms with Crippen LogP contribution >= 0.6 is 0 Å². The molecular weight excluding hydrogens is 156 g/mol. The molecule has 2 nitrogen and oxygen atoms in total. The van der Waals surface area contributed by atoms with Crippen LogP contribution < -0.4 is 0 Å². The summed E-state index contributed by atoms with van der Waals surface area (Å²) in [5.41, 5.74) is 0. The first-order valence-electron chi connectivity index (χ1n) is 3.95. The van der Waals surface area contributed by atoms with Gasteiger partial charge in [-0.25, -0.2) is 0 Å². The number of hydrogen-bond acceptors (Lipinski definition) is 2. The van der Waals surface area contributed by atoms with Gasteiger partial charge in [-0.15, -0.1) is 0 Å². The van der Waals surface area contributed by atoms with Crippen molar-refractivity contribution in [1.82, 2.24) is 0 Å². The lowest BCUT2D eigenvalue weighted by molar-refractivity contribution is 0.112. The smallest absolute Gasteiger partial charge is 0.233 e. The minimum absolute atomic E-state index is 0.584. The molecule has 0 aliphatic carbocycles. The molecule has 0 fully saturated rings. The second-order valence-corrected chi connectivity index (χ2v) is 2.95. The van der Waals surface area contributed by atoms with Crippen molar-refractivity contribution in [3.63, 3.8) is 0 Å². The van der Waals surface area contributed by atoms with Crippen molar-refractivity contribution in [1.29, 1.82) is 0 Å². The quantitative estimate of drug-likeness (QED) is 0.330. The van der Waals surface area contributed by atoms with E-state index in [1.807, 2.05) is 19.9 Å². The molecule has 64 valence electrons. The van der Waals surface area contributed by atoms with Crippen molar-refractivity contribution in [3.8, 4) is 0 Å². The molecule has 0 rings (SSSR count). The molecule has 0 heterocycles. The third-order valence-electron chi connectivity index (χ3n) is 1.07. The minimum Gasteiger partial charge on any atom is -0.415 e. The molecule has 11 heavy (non-hydrogen) atoms. The zero-order valence-corrected chi connectivity index (χ0v) is 8.30. The molecule has 0 aromatic rings. The molecule has 0 unspecified atom stereocenters. The second-order valence-electron chi connectivity index (χ2n) is 1.96. The Morgan fingerprint density at radius 3 is 2.82 bits per heavy atom. The molecule has 0 saturated heterocycles. The van der Waals surface area contributed by atoms with Crippen LogP contribution in [0.4, 0.5) is 0 Å². The monoisotopic (exact) mass is 172 g/mol. The number of ether oxygens (including phenoxy) is 1. The molecular formula is C8H16O2Si. The fraction of sp³-hybridized carbons (Fsp3) is 0.750. The maximum Gasteiger partial charge on any atom is 0.233 e. The van der Waals surface area contributed by atoms with Crippen LogP contribution in [0.1, 0.15) is 13.8 Å². The largest absolute Gasteiger partial charge is 0.415 e. The standard InChI is InChI=1S/C8H16O2Si/c1-3-5-8-11-10-7-6-9-4-2/h3,5H,4,6-8H2,1-2H3/b5-3+. The Hall–Kier alpha value is -0.123. The summed E-state index contributed by atoms with van der Waals surface area (Å²) in [6.45, 7) is 6.23. The molecule has 0 atom stereocenters. The molecule has 0 aliphatic heterocycles. The summed E-state index contributed by atoms with van der Waals surface area (Å²) in [6.07, 6.45) is 4.15. The second kappa shape index (κ2) is 9.88. The summed E-state index contributed by atoms with van der Waals surface area (Å²) in [7, 11) is 0.584. The van der Waals surface area contributed by atoms with Gasteiger partial charge in [0.05, 0.1) is 13.2 Å². The van der Waals surface area contributed by atoms with Gasteiger partial charge in [0, 0.05) is 6.61 Å². The molecule has 0 aromatic heterocycles. The van der Waals surface area contributed by atoms with Crippen molar-refractivity contribution in [2.75, 3.05) is 19.8 Å². The molecule has 0 amide bonds. The summed E-state index contributed by atoms with van der Waals surface area (Å²) in [4.78, 5) is 0. The number of rotatable bonds is 7. The highest BCUT2D eigenvalue weighted by Crippen LogP contribution is 1.84. The number of hydrogen-bond donors (Lipinski definition) is 0. The Morgan fingerprint density at radius 2 is 2.18 bits per heavy atom. The summed E-state index contributed by atoms with van der Waals surface area (Å²) >= 11 is 0. The van der Waals surface area contributed by atoms with Crippen molar-refractivity contribution in [3.05, 3.63) is 12.2 Å². The van der Waals surface area contributed by atoms with E-state index in [0.29, 0.717) is 9.76 Å². The lowest BCUT2D eigenvalue weighted by atomic mass is 10.6. The van der Waals surface area contributed by atoms with E-state index >= 15 is 0 Å². The highest BCUT2D eigenvalue weighted by Gasteiger charge is 1.87. The lowest BCUT2D eigenvalue weighted by Gasteiger charge is -2.00. The first-order valence-corrected chi connectivity index (χ1v) is 5.07. The van der Waals surface area contributed by atoms with E-state index in [1.54, 1.807) is 0 Å². The Morgan fingerprint density at radius 1 is 1.36 bits per heavy atom. The predicted octanol–water partition coefficient (Wildman–Crippen LogP) is 1.65. The van der Waals surface area contributed by atoms with Crippen LogP contribution in [0.25, 0.3) is 0 Å². The van der Waals surface area contributed by atoms with E-state index in [4.69, 9.17) is 9.16 Å². The molecule has 2 radical (unpaired) electrons. The van der Waals surface area contributed by atoms with Crippen molar-refractivity contribution in [2.45, 2.75) is 19.9 Å². The van der Waals surface area contributed by atoms with Gasteiger partial charge in [-0.3, -0.25) is 0 Å². The van der Waals surface area contributed by atoms with Crippen LogP contribution in [0.5, 0.6) is 0 Å². The third kappa shape index (κ3) is 9.88. The van der Waals surface area contributed by atoms with Crippen molar-refractivity contribution in [2.24, 2.45) is 0 Å². The molecule has 0 spiro atoms. The summed E-state index contributed by atoms with van der Waals surface area (Å²) in [5.74, 6) is 0. The minimum atomic E-state index is 0.584. The molecule has 0 bridgehead atoms. The predicted molar refractivity (Wildman–Crippen MR) is 47.8 cm³/mol. The topological polar surface area (TPSA) is 18.5 Å². The van der Waals surface area contributed by atoms with Gasteiger partial charge in [0.25, 0.3) is 0 Å². The van der Waals surface area contributed by atoms with Crippen LogP contribution in [0.2, 0.25) is 6.04 Å². The van der Waals surface area contributed by atoms with Gasteiger partial charge >= 0.3 is 0 Å². The van der Waals surface area contributed by atoms with E-state index in [-0.39, 0.29) is 0 Å². The van der Waals surface area contributed by atoms with Crippen LogP contribution in [-0.4, -0.2) is 29.6 Å². The van der Waals surface area contributed by atoms with Gasteiger partial charge in [0.1, 0.15) is 0 Å². The van der Waals surface area contributed by atoms with E-state index in [1.165, 1.54) is 0 Å². The van der Waals surface area contributed by atoms with Crippen molar-refractivity contribution >= 4 is 9.76 Å². The van der Waals surface area contributed by atoms with Gasteiger partial charge in [0.15, 0.2) is 0 Å². The van der Waals surface area contributed by atoms with E-state index in [9.17, 15) is 0 Å². The summed E-state index contributed by atoms with van der Waals surface area (Å²) in [6, 6.07) is 1.03. The molecule has 0 N–H and O–H groups in total. The van der Waals surface area contributed by atoms with Gasteiger partial charge in [0.2, 0.25) is 9.76 Å². The average molecular weight is 172 g/mol. The molecule has 0 aliphatic rings. The summed E-state index contributed by atoms with van der Waals surface area (Å²) < 4.78 is 10.4. The van der Waals surface area contributed by atoms with Crippen LogP contribution in [0.15, 0.2) is 12.2 Å². The van der Waals surface area contributed by atoms with Gasteiger partial charge < -0.3 is 9.16 Å². The summed E-state index contributed by atoms with van der Waals surface area (Å²) in [5, 5.41) is 0. The van der Waals surface area contributed by atoms with Gasteiger partial charge in [-0.1, -0.05) is 12.2 Å². The van der Waals surface area contributed by atoms with Gasteiger partial charge in [-0.2, -0.15) is 0 Å². The van der Waals surface area contributed by atoms with Gasteiger partial charge in [-0.05, 0) is 19.9 Å². The Bertz CT molecular complexity index is 94.1. The molecule has 0 saturated carbocycles. The third-order valence-corrected chi connectivity index (χ3v) is 1.88. The zero-order valence-electron chi connectivity index (χ0n) is 7.30. The van der Waals surface area contributed by atoms with Crippen molar-refractivity contribution < 1.29 is 9.16 Å². The normalized spacial score (nSPS) is 11.1. The van der Waals surface area contributed by atoms with E-state index in [2.05, 4.69) is 6.08 Å². The zero-order chi connectivity index (χ0) is 8.36. The van der Waals surface area contributed by atoms with Crippen LogP contribution in [0, 0.1) is 0 Å². The van der Waals surface area contributed by atoms with Crippen LogP contribution in [0.3, 0.4) is 0 Å². The SMILES string of the molecule is C/C=C/C[Si]OCCOCC. The Kier molecular flexibility index (Phi) is 9.77. The van der Waals surface area contributed by atoms with E-state index < -0.39 is 0 Å². The first-order chi connectivity index (χ1) is 5.41. The maximum atomic E-state index is 5.29. The maximum absolute atomic E-state index is 5.29. The molecule has 3 heteroatoms.